The zero-order valence-electron chi connectivity index (χ0n) is 7.47. The van der Waals surface area contributed by atoms with E-state index in [1.54, 1.807) is 18.4 Å². The van der Waals surface area contributed by atoms with Crippen molar-refractivity contribution < 1.29 is 4.74 Å². The Bertz CT molecular complexity index is 232. The smallest absolute Gasteiger partial charge is 0.133 e. The first-order valence-corrected chi connectivity index (χ1v) is 4.60. The largest absolute Gasteiger partial charge is 0.496 e. The van der Waals surface area contributed by atoms with Gasteiger partial charge in [-0.2, -0.15) is 0 Å². The quantitative estimate of drug-likeness (QED) is 0.629. The molecule has 0 spiro atoms. The van der Waals surface area contributed by atoms with Gasteiger partial charge in [0, 0.05) is 10.9 Å². The summed E-state index contributed by atoms with van der Waals surface area (Å²) in [5.41, 5.74) is 1.50. The van der Waals surface area contributed by atoms with Crippen LogP contribution in [0.25, 0.3) is 0 Å². The maximum Gasteiger partial charge on any atom is 0.133 e. The van der Waals surface area contributed by atoms with Crippen molar-refractivity contribution in [3.63, 3.8) is 0 Å². The number of ether oxygens (including phenoxy) is 1. The first-order chi connectivity index (χ1) is 5.05. The molecule has 1 nitrogen and oxygen atoms in total. The molecule has 0 radical (unpaired) electrons. The van der Waals surface area contributed by atoms with Crippen LogP contribution in [-0.2, 0) is 5.41 Å². The molecule has 1 rings (SSSR count). The summed E-state index contributed by atoms with van der Waals surface area (Å²) in [6.07, 6.45) is 0. The molecule has 0 unspecified atom stereocenters. The summed E-state index contributed by atoms with van der Waals surface area (Å²) in [4.78, 5) is 0. The molecule has 1 heterocycles. The van der Waals surface area contributed by atoms with Crippen molar-refractivity contribution in [3.05, 3.63) is 16.3 Å². The highest BCUT2D eigenvalue weighted by molar-refractivity contribution is 7.08. The molecule has 0 aliphatic heterocycles. The van der Waals surface area contributed by atoms with Crippen molar-refractivity contribution in [2.45, 2.75) is 26.2 Å². The van der Waals surface area contributed by atoms with Gasteiger partial charge in [0.05, 0.1) is 7.11 Å². The lowest BCUT2D eigenvalue weighted by Gasteiger charge is -2.18. The van der Waals surface area contributed by atoms with Crippen LogP contribution in [0.5, 0.6) is 5.75 Å². The summed E-state index contributed by atoms with van der Waals surface area (Å²) in [7, 11) is 1.72. The monoisotopic (exact) mass is 170 g/mol. The zero-order valence-corrected chi connectivity index (χ0v) is 8.29. The summed E-state index contributed by atoms with van der Waals surface area (Å²) >= 11 is 1.69. The van der Waals surface area contributed by atoms with Crippen molar-refractivity contribution in [1.29, 1.82) is 0 Å². The molecule has 0 bridgehead atoms. The molecule has 11 heavy (non-hydrogen) atoms. The van der Waals surface area contributed by atoms with Crippen LogP contribution in [0, 0.1) is 0 Å². The standard InChI is InChI=1S/C9H14OS/c1-9(2,3)7-5-11-6-8(7)10-4/h5-6H,1-4H3. The van der Waals surface area contributed by atoms with Gasteiger partial charge in [0.15, 0.2) is 0 Å². The van der Waals surface area contributed by atoms with E-state index in [9.17, 15) is 0 Å². The molecule has 0 saturated carbocycles. The molecule has 0 N–H and O–H groups in total. The Morgan fingerprint density at radius 3 is 2.27 bits per heavy atom. The normalized spacial score (nSPS) is 11.6. The van der Waals surface area contributed by atoms with Gasteiger partial charge in [-0.1, -0.05) is 20.8 Å². The number of methoxy groups -OCH3 is 1. The van der Waals surface area contributed by atoms with E-state index in [-0.39, 0.29) is 5.41 Å². The zero-order chi connectivity index (χ0) is 8.48. The molecule has 0 amide bonds. The molecular formula is C9H14OS. The lowest BCUT2D eigenvalue weighted by molar-refractivity contribution is 0.400. The third kappa shape index (κ3) is 1.74. The lowest BCUT2D eigenvalue weighted by Crippen LogP contribution is -2.10. The third-order valence-electron chi connectivity index (χ3n) is 1.65. The molecule has 62 valence electrons. The average Bonchev–Trinajstić information content (AvgIpc) is 2.31. The summed E-state index contributed by atoms with van der Waals surface area (Å²) in [6.45, 7) is 6.58. The first-order valence-electron chi connectivity index (χ1n) is 3.66. The Labute approximate surface area is 72.0 Å². The second-order valence-electron chi connectivity index (χ2n) is 3.60. The average molecular weight is 170 g/mol. The molecule has 0 aromatic carbocycles. The first kappa shape index (κ1) is 8.60. The maximum atomic E-state index is 5.22. The SMILES string of the molecule is COc1cscc1C(C)(C)C. The topological polar surface area (TPSA) is 9.23 Å². The van der Waals surface area contributed by atoms with Crippen LogP contribution < -0.4 is 4.74 Å². The van der Waals surface area contributed by atoms with E-state index in [0.717, 1.165) is 5.75 Å². The molecule has 0 saturated heterocycles. The minimum Gasteiger partial charge on any atom is -0.496 e. The van der Waals surface area contributed by atoms with Crippen LogP contribution in [0.1, 0.15) is 26.3 Å². The highest BCUT2D eigenvalue weighted by atomic mass is 32.1. The van der Waals surface area contributed by atoms with Gasteiger partial charge < -0.3 is 4.74 Å². The summed E-state index contributed by atoms with van der Waals surface area (Å²) in [6, 6.07) is 0. The van der Waals surface area contributed by atoms with Gasteiger partial charge in [0.1, 0.15) is 5.75 Å². The highest BCUT2D eigenvalue weighted by Crippen LogP contribution is 2.33. The maximum absolute atomic E-state index is 5.22. The van der Waals surface area contributed by atoms with E-state index in [1.165, 1.54) is 5.56 Å². The fraction of sp³-hybridized carbons (Fsp3) is 0.556. The Balaban J connectivity index is 3.02. The molecule has 1 aromatic heterocycles. The van der Waals surface area contributed by atoms with Crippen LogP contribution in [-0.4, -0.2) is 7.11 Å². The van der Waals surface area contributed by atoms with E-state index in [2.05, 4.69) is 26.2 Å². The van der Waals surface area contributed by atoms with Crippen molar-refractivity contribution in [3.8, 4) is 5.75 Å². The molecule has 2 heteroatoms. The number of hydrogen-bond acceptors (Lipinski definition) is 2. The van der Waals surface area contributed by atoms with Crippen molar-refractivity contribution in [2.24, 2.45) is 0 Å². The minimum absolute atomic E-state index is 0.200. The molecular weight excluding hydrogens is 156 g/mol. The van der Waals surface area contributed by atoms with E-state index in [4.69, 9.17) is 4.74 Å². The molecule has 0 atom stereocenters. The minimum atomic E-state index is 0.200. The Morgan fingerprint density at radius 1 is 1.27 bits per heavy atom. The van der Waals surface area contributed by atoms with Crippen LogP contribution in [0.2, 0.25) is 0 Å². The van der Waals surface area contributed by atoms with Crippen LogP contribution >= 0.6 is 11.3 Å². The van der Waals surface area contributed by atoms with E-state index < -0.39 is 0 Å². The predicted molar refractivity (Wildman–Crippen MR) is 49.6 cm³/mol. The van der Waals surface area contributed by atoms with Crippen LogP contribution in [0.4, 0.5) is 0 Å². The van der Waals surface area contributed by atoms with Crippen molar-refractivity contribution >= 4 is 11.3 Å². The van der Waals surface area contributed by atoms with Gasteiger partial charge >= 0.3 is 0 Å². The second kappa shape index (κ2) is 2.86. The fourth-order valence-corrected chi connectivity index (χ4v) is 2.01. The van der Waals surface area contributed by atoms with Crippen LogP contribution in [0.15, 0.2) is 10.8 Å². The molecule has 0 aliphatic carbocycles. The number of hydrogen-bond donors (Lipinski definition) is 0. The van der Waals surface area contributed by atoms with Gasteiger partial charge in [-0.25, -0.2) is 0 Å². The number of thiophene rings is 1. The summed E-state index contributed by atoms with van der Waals surface area (Å²) in [5, 5.41) is 4.19. The molecule has 0 aliphatic rings. The van der Waals surface area contributed by atoms with Gasteiger partial charge in [0.25, 0.3) is 0 Å². The van der Waals surface area contributed by atoms with Gasteiger partial charge in [-0.15, -0.1) is 11.3 Å². The van der Waals surface area contributed by atoms with E-state index >= 15 is 0 Å². The Morgan fingerprint density at radius 2 is 1.91 bits per heavy atom. The lowest BCUT2D eigenvalue weighted by atomic mass is 9.89. The summed E-state index contributed by atoms with van der Waals surface area (Å²) in [5.74, 6) is 1.02. The molecule has 1 aromatic rings. The Hall–Kier alpha value is -0.500. The fourth-order valence-electron chi connectivity index (χ4n) is 0.990. The van der Waals surface area contributed by atoms with E-state index in [1.807, 2.05) is 5.38 Å². The second-order valence-corrected chi connectivity index (χ2v) is 4.35. The third-order valence-corrected chi connectivity index (χ3v) is 2.38. The highest BCUT2D eigenvalue weighted by Gasteiger charge is 2.18. The van der Waals surface area contributed by atoms with Gasteiger partial charge in [-0.3, -0.25) is 0 Å². The van der Waals surface area contributed by atoms with Crippen molar-refractivity contribution in [2.75, 3.05) is 7.11 Å². The van der Waals surface area contributed by atoms with E-state index in [0.29, 0.717) is 0 Å². The Kier molecular flexibility index (Phi) is 2.23. The predicted octanol–water partition coefficient (Wildman–Crippen LogP) is 3.05. The molecule has 0 fully saturated rings. The van der Waals surface area contributed by atoms with Crippen LogP contribution in [0.3, 0.4) is 0 Å². The van der Waals surface area contributed by atoms with Gasteiger partial charge in [0.2, 0.25) is 0 Å². The number of rotatable bonds is 1. The van der Waals surface area contributed by atoms with Gasteiger partial charge in [-0.05, 0) is 10.8 Å². The van der Waals surface area contributed by atoms with Crippen molar-refractivity contribution in [1.82, 2.24) is 0 Å². The summed E-state index contributed by atoms with van der Waals surface area (Å²) < 4.78 is 5.22.